The average Bonchev–Trinajstić information content (AvgIpc) is 3.11. The van der Waals surface area contributed by atoms with Crippen molar-refractivity contribution in [1.29, 1.82) is 0 Å². The second-order valence-electron chi connectivity index (χ2n) is 6.77. The molecule has 1 aliphatic rings. The molecule has 7 nitrogen and oxygen atoms in total. The molecule has 138 valence electrons. The van der Waals surface area contributed by atoms with Crippen LogP contribution in [0.15, 0.2) is 29.3 Å². The Kier molecular flexibility index (Phi) is 5.35. The molecule has 1 aliphatic carbocycles. The number of carbonyl (C=O) groups excluding carboxylic acids is 2. The van der Waals surface area contributed by atoms with Gasteiger partial charge in [0.15, 0.2) is 6.10 Å². The Morgan fingerprint density at radius 1 is 1.35 bits per heavy atom. The molecular formula is C19H23N3O4. The molecule has 1 amide bonds. The highest BCUT2D eigenvalue weighted by molar-refractivity contribution is 5.84. The van der Waals surface area contributed by atoms with Crippen molar-refractivity contribution in [3.8, 4) is 0 Å². The van der Waals surface area contributed by atoms with E-state index in [-0.39, 0.29) is 24.1 Å². The Morgan fingerprint density at radius 2 is 2.08 bits per heavy atom. The van der Waals surface area contributed by atoms with Crippen LogP contribution in [-0.4, -0.2) is 33.6 Å². The van der Waals surface area contributed by atoms with E-state index < -0.39 is 12.1 Å². The Bertz CT molecular complexity index is 884. The number of nitrogens with zero attached hydrogens (tertiary/aromatic N) is 2. The summed E-state index contributed by atoms with van der Waals surface area (Å²) in [7, 11) is 0. The van der Waals surface area contributed by atoms with Gasteiger partial charge >= 0.3 is 5.97 Å². The summed E-state index contributed by atoms with van der Waals surface area (Å²) in [6, 6.07) is 5.49. The smallest absolute Gasteiger partial charge is 0.326 e. The molecule has 1 atom stereocenters. The number of hydrogen-bond donors (Lipinski definition) is 1. The van der Waals surface area contributed by atoms with Gasteiger partial charge in [-0.25, -0.2) is 4.98 Å². The molecule has 1 saturated carbocycles. The van der Waals surface area contributed by atoms with Crippen molar-refractivity contribution in [2.45, 2.75) is 58.2 Å². The lowest BCUT2D eigenvalue weighted by Gasteiger charge is -2.17. The normalized spacial score (nSPS) is 15.8. The molecule has 0 aliphatic heterocycles. The SMILES string of the molecule is Cc1cccc2c(=O)n(CC(=O)OC(C)C(=O)NC3CCCC3)cnc12. The van der Waals surface area contributed by atoms with Gasteiger partial charge in [-0.15, -0.1) is 0 Å². The van der Waals surface area contributed by atoms with Crippen molar-refractivity contribution in [3.63, 3.8) is 0 Å². The highest BCUT2D eigenvalue weighted by Crippen LogP contribution is 2.17. The summed E-state index contributed by atoms with van der Waals surface area (Å²) in [5.74, 6) is -0.945. The molecule has 1 heterocycles. The van der Waals surface area contributed by atoms with Crippen LogP contribution in [-0.2, 0) is 20.9 Å². The Balaban J connectivity index is 1.64. The van der Waals surface area contributed by atoms with Crippen molar-refractivity contribution in [2.75, 3.05) is 0 Å². The first-order valence-corrected chi connectivity index (χ1v) is 8.90. The van der Waals surface area contributed by atoms with E-state index in [4.69, 9.17) is 4.74 Å². The largest absolute Gasteiger partial charge is 0.451 e. The highest BCUT2D eigenvalue weighted by atomic mass is 16.5. The third-order valence-corrected chi connectivity index (χ3v) is 4.73. The number of esters is 1. The predicted octanol–water partition coefficient (Wildman–Crippen LogP) is 1.70. The van der Waals surface area contributed by atoms with Crippen LogP contribution in [0.1, 0.15) is 38.2 Å². The van der Waals surface area contributed by atoms with Gasteiger partial charge in [-0.2, -0.15) is 0 Å². The van der Waals surface area contributed by atoms with Crippen LogP contribution in [0.5, 0.6) is 0 Å². The Hall–Kier alpha value is -2.70. The van der Waals surface area contributed by atoms with Crippen LogP contribution >= 0.6 is 0 Å². The van der Waals surface area contributed by atoms with Gasteiger partial charge in [0.1, 0.15) is 6.54 Å². The van der Waals surface area contributed by atoms with Crippen molar-refractivity contribution in [2.24, 2.45) is 0 Å². The summed E-state index contributed by atoms with van der Waals surface area (Å²) < 4.78 is 6.38. The number of nitrogens with one attached hydrogen (secondary N) is 1. The van der Waals surface area contributed by atoms with Crippen molar-refractivity contribution < 1.29 is 14.3 Å². The molecule has 0 saturated heterocycles. The molecule has 0 radical (unpaired) electrons. The Labute approximate surface area is 151 Å². The summed E-state index contributed by atoms with van der Waals surface area (Å²) in [4.78, 5) is 41.0. The van der Waals surface area contributed by atoms with Gasteiger partial charge in [0.05, 0.1) is 17.2 Å². The van der Waals surface area contributed by atoms with Crippen LogP contribution in [0.3, 0.4) is 0 Å². The molecule has 26 heavy (non-hydrogen) atoms. The zero-order valence-corrected chi connectivity index (χ0v) is 15.0. The second-order valence-corrected chi connectivity index (χ2v) is 6.77. The molecule has 1 unspecified atom stereocenters. The van der Waals surface area contributed by atoms with Gasteiger partial charge < -0.3 is 10.1 Å². The fraction of sp³-hybridized carbons (Fsp3) is 0.474. The summed E-state index contributed by atoms with van der Waals surface area (Å²) >= 11 is 0. The van der Waals surface area contributed by atoms with E-state index in [0.717, 1.165) is 31.2 Å². The first kappa shape index (κ1) is 18.1. The summed E-state index contributed by atoms with van der Waals surface area (Å²) in [5, 5.41) is 3.34. The van der Waals surface area contributed by atoms with E-state index in [1.807, 2.05) is 13.0 Å². The van der Waals surface area contributed by atoms with Gasteiger partial charge in [-0.1, -0.05) is 25.0 Å². The lowest BCUT2D eigenvalue weighted by atomic mass is 10.1. The number of rotatable bonds is 5. The molecular weight excluding hydrogens is 334 g/mol. The maximum absolute atomic E-state index is 12.5. The number of amides is 1. The van der Waals surface area contributed by atoms with Crippen molar-refractivity contribution in [1.82, 2.24) is 14.9 Å². The van der Waals surface area contributed by atoms with Gasteiger partial charge in [0, 0.05) is 6.04 Å². The zero-order valence-electron chi connectivity index (χ0n) is 15.0. The van der Waals surface area contributed by atoms with Crippen LogP contribution in [0.25, 0.3) is 10.9 Å². The number of aromatic nitrogens is 2. The second kappa shape index (κ2) is 7.68. The Morgan fingerprint density at radius 3 is 2.81 bits per heavy atom. The number of benzene rings is 1. The lowest BCUT2D eigenvalue weighted by molar-refractivity contribution is -0.155. The van der Waals surface area contributed by atoms with E-state index in [2.05, 4.69) is 10.3 Å². The van der Waals surface area contributed by atoms with Gasteiger partial charge in [-0.3, -0.25) is 19.0 Å². The van der Waals surface area contributed by atoms with Crippen LogP contribution < -0.4 is 10.9 Å². The molecule has 0 bridgehead atoms. The number of carbonyl (C=O) groups is 2. The van der Waals surface area contributed by atoms with E-state index in [1.54, 1.807) is 12.1 Å². The molecule has 1 aromatic carbocycles. The zero-order chi connectivity index (χ0) is 18.7. The molecule has 0 spiro atoms. The molecule has 2 aromatic rings. The van der Waals surface area contributed by atoms with E-state index in [9.17, 15) is 14.4 Å². The molecule has 7 heteroatoms. The number of hydrogen-bond acceptors (Lipinski definition) is 5. The minimum absolute atomic E-state index is 0.166. The van der Waals surface area contributed by atoms with Crippen LogP contribution in [0.4, 0.5) is 0 Å². The quantitative estimate of drug-likeness (QED) is 0.823. The van der Waals surface area contributed by atoms with Crippen LogP contribution in [0, 0.1) is 6.92 Å². The maximum Gasteiger partial charge on any atom is 0.326 e. The van der Waals surface area contributed by atoms with Gasteiger partial charge in [0.25, 0.3) is 11.5 Å². The fourth-order valence-electron chi connectivity index (χ4n) is 3.27. The van der Waals surface area contributed by atoms with Crippen LogP contribution in [0.2, 0.25) is 0 Å². The minimum Gasteiger partial charge on any atom is -0.451 e. The summed E-state index contributed by atoms with van der Waals surface area (Å²) in [6.07, 6.45) is 4.58. The lowest BCUT2D eigenvalue weighted by Crippen LogP contribution is -2.41. The molecule has 3 rings (SSSR count). The topological polar surface area (TPSA) is 90.3 Å². The highest BCUT2D eigenvalue weighted by Gasteiger charge is 2.23. The number of aryl methyl sites for hydroxylation is 1. The average molecular weight is 357 g/mol. The minimum atomic E-state index is -0.894. The summed E-state index contributed by atoms with van der Waals surface area (Å²) in [5.41, 5.74) is 1.21. The standard InChI is InChI=1S/C19H23N3O4/c1-12-6-5-9-15-17(12)20-11-22(19(15)25)10-16(23)26-13(2)18(24)21-14-7-3-4-8-14/h5-6,9,11,13-14H,3-4,7-8,10H2,1-2H3,(H,21,24). The van der Waals surface area contributed by atoms with E-state index in [0.29, 0.717) is 10.9 Å². The first-order valence-electron chi connectivity index (χ1n) is 8.90. The van der Waals surface area contributed by atoms with Gasteiger partial charge in [0.2, 0.25) is 0 Å². The molecule has 1 aromatic heterocycles. The molecule has 1 N–H and O–H groups in total. The van der Waals surface area contributed by atoms with Crippen molar-refractivity contribution in [3.05, 3.63) is 40.4 Å². The van der Waals surface area contributed by atoms with E-state index >= 15 is 0 Å². The number of para-hydroxylation sites is 1. The molecule has 1 fully saturated rings. The van der Waals surface area contributed by atoms with Crippen molar-refractivity contribution >= 4 is 22.8 Å². The third-order valence-electron chi connectivity index (χ3n) is 4.73. The fourth-order valence-corrected chi connectivity index (χ4v) is 3.27. The predicted molar refractivity (Wildman–Crippen MR) is 96.7 cm³/mol. The number of fused-ring (bicyclic) bond motifs is 1. The monoisotopic (exact) mass is 357 g/mol. The summed E-state index contributed by atoms with van der Waals surface area (Å²) in [6.45, 7) is 3.13. The third kappa shape index (κ3) is 3.92. The first-order chi connectivity index (χ1) is 12.5. The number of ether oxygens (including phenoxy) is 1. The van der Waals surface area contributed by atoms with E-state index in [1.165, 1.54) is 17.8 Å². The van der Waals surface area contributed by atoms with Gasteiger partial charge in [-0.05, 0) is 38.3 Å². The maximum atomic E-state index is 12.5.